The maximum absolute atomic E-state index is 12.4. The van der Waals surface area contributed by atoms with Gasteiger partial charge in [-0.2, -0.15) is 0 Å². The standard InChI is InChI=1S/C17H22N2O3/c1-12(13-6-3-2-4-7-13)18-16(22)19-10-14-8-5-9-17(14,11-19)15(20)21/h2-4,6-7,12,14H,5,8-11H2,1H3,(H,18,22)(H,20,21)/t12-,14-,17+/m0/s1. The van der Waals surface area contributed by atoms with Gasteiger partial charge in [-0.25, -0.2) is 4.79 Å². The van der Waals surface area contributed by atoms with E-state index in [0.29, 0.717) is 19.5 Å². The van der Waals surface area contributed by atoms with Gasteiger partial charge in [0.1, 0.15) is 0 Å². The Labute approximate surface area is 130 Å². The molecule has 2 amide bonds. The van der Waals surface area contributed by atoms with Crippen LogP contribution in [0.3, 0.4) is 0 Å². The molecule has 0 radical (unpaired) electrons. The van der Waals surface area contributed by atoms with Gasteiger partial charge in [0.25, 0.3) is 0 Å². The molecule has 3 atom stereocenters. The molecule has 2 aliphatic rings. The molecule has 1 aromatic rings. The molecule has 0 bridgehead atoms. The molecule has 2 fully saturated rings. The summed E-state index contributed by atoms with van der Waals surface area (Å²) in [6.45, 7) is 2.83. The predicted molar refractivity (Wildman–Crippen MR) is 82.4 cm³/mol. The smallest absolute Gasteiger partial charge is 0.317 e. The summed E-state index contributed by atoms with van der Waals surface area (Å²) < 4.78 is 0. The van der Waals surface area contributed by atoms with E-state index in [9.17, 15) is 14.7 Å². The third-order valence-corrected chi connectivity index (χ3v) is 5.22. The third-order valence-electron chi connectivity index (χ3n) is 5.22. The van der Waals surface area contributed by atoms with E-state index in [1.807, 2.05) is 37.3 Å². The fourth-order valence-electron chi connectivity index (χ4n) is 3.90. The lowest BCUT2D eigenvalue weighted by Gasteiger charge is -2.24. The highest BCUT2D eigenvalue weighted by atomic mass is 16.4. The minimum atomic E-state index is -0.749. The number of rotatable bonds is 3. The second kappa shape index (κ2) is 5.63. The molecule has 0 aromatic heterocycles. The number of hydrogen-bond donors (Lipinski definition) is 2. The topological polar surface area (TPSA) is 69.6 Å². The minimum Gasteiger partial charge on any atom is -0.481 e. The number of amides is 2. The number of carboxylic acid groups (broad SMARTS) is 1. The Balaban J connectivity index is 1.66. The number of aliphatic carboxylic acids is 1. The molecule has 1 saturated heterocycles. The second-order valence-corrected chi connectivity index (χ2v) is 6.51. The van der Waals surface area contributed by atoms with Gasteiger partial charge in [-0.05, 0) is 31.2 Å². The van der Waals surface area contributed by atoms with Crippen molar-refractivity contribution in [3.8, 4) is 0 Å². The molecular weight excluding hydrogens is 280 g/mol. The van der Waals surface area contributed by atoms with Crippen LogP contribution in [0, 0.1) is 11.3 Å². The van der Waals surface area contributed by atoms with Crippen LogP contribution in [0.25, 0.3) is 0 Å². The summed E-state index contributed by atoms with van der Waals surface area (Å²) in [7, 11) is 0. The number of benzene rings is 1. The summed E-state index contributed by atoms with van der Waals surface area (Å²) in [5, 5.41) is 12.6. The van der Waals surface area contributed by atoms with Crippen LogP contribution in [0.5, 0.6) is 0 Å². The average Bonchev–Trinajstić information content (AvgIpc) is 3.06. The van der Waals surface area contributed by atoms with Crippen molar-refractivity contribution in [1.29, 1.82) is 0 Å². The van der Waals surface area contributed by atoms with E-state index in [0.717, 1.165) is 18.4 Å². The van der Waals surface area contributed by atoms with E-state index in [4.69, 9.17) is 0 Å². The first-order valence-electron chi connectivity index (χ1n) is 7.87. The molecule has 5 heteroatoms. The Bertz CT molecular complexity index is 575. The zero-order chi connectivity index (χ0) is 15.7. The van der Waals surface area contributed by atoms with Crippen molar-refractivity contribution in [3.63, 3.8) is 0 Å². The molecule has 118 valence electrons. The molecule has 22 heavy (non-hydrogen) atoms. The van der Waals surface area contributed by atoms with Crippen molar-refractivity contribution in [1.82, 2.24) is 10.2 Å². The van der Waals surface area contributed by atoms with Gasteiger partial charge in [-0.15, -0.1) is 0 Å². The van der Waals surface area contributed by atoms with Crippen molar-refractivity contribution in [2.45, 2.75) is 32.2 Å². The van der Waals surface area contributed by atoms with Crippen molar-refractivity contribution >= 4 is 12.0 Å². The van der Waals surface area contributed by atoms with E-state index < -0.39 is 11.4 Å². The van der Waals surface area contributed by atoms with Crippen LogP contribution in [-0.2, 0) is 4.79 Å². The number of carboxylic acids is 1. The van der Waals surface area contributed by atoms with Crippen LogP contribution in [0.1, 0.15) is 37.8 Å². The third kappa shape index (κ3) is 2.45. The molecule has 1 saturated carbocycles. The Morgan fingerprint density at radius 1 is 1.36 bits per heavy atom. The summed E-state index contributed by atoms with van der Waals surface area (Å²) in [5.41, 5.74) is 0.330. The van der Waals surface area contributed by atoms with E-state index >= 15 is 0 Å². The first-order valence-corrected chi connectivity index (χ1v) is 7.87. The summed E-state index contributed by atoms with van der Waals surface area (Å²) in [4.78, 5) is 25.8. The fraction of sp³-hybridized carbons (Fsp3) is 0.529. The Kier molecular flexibility index (Phi) is 3.81. The number of carbonyl (C=O) groups excluding carboxylic acids is 1. The van der Waals surface area contributed by atoms with Gasteiger partial charge in [-0.3, -0.25) is 4.79 Å². The number of nitrogens with one attached hydrogen (secondary N) is 1. The SMILES string of the molecule is C[C@H](NC(=O)N1C[C@@H]2CCC[C@@]2(C(=O)O)C1)c1ccccc1. The monoisotopic (exact) mass is 302 g/mol. The van der Waals surface area contributed by atoms with Crippen LogP contribution in [0.2, 0.25) is 0 Å². The van der Waals surface area contributed by atoms with E-state index in [2.05, 4.69) is 5.32 Å². The molecule has 2 N–H and O–H groups in total. The number of hydrogen-bond acceptors (Lipinski definition) is 2. The molecule has 5 nitrogen and oxygen atoms in total. The number of urea groups is 1. The molecule has 1 aliphatic heterocycles. The summed E-state index contributed by atoms with van der Waals surface area (Å²) in [6.07, 6.45) is 2.54. The Morgan fingerprint density at radius 3 is 2.73 bits per heavy atom. The van der Waals surface area contributed by atoms with E-state index in [-0.39, 0.29) is 18.0 Å². The van der Waals surface area contributed by atoms with E-state index in [1.54, 1.807) is 4.90 Å². The highest BCUT2D eigenvalue weighted by Gasteiger charge is 2.55. The van der Waals surface area contributed by atoms with Crippen molar-refractivity contribution in [2.75, 3.05) is 13.1 Å². The van der Waals surface area contributed by atoms with Crippen molar-refractivity contribution in [3.05, 3.63) is 35.9 Å². The lowest BCUT2D eigenvalue weighted by molar-refractivity contribution is -0.149. The lowest BCUT2D eigenvalue weighted by Crippen LogP contribution is -2.42. The highest BCUT2D eigenvalue weighted by Crippen LogP contribution is 2.48. The van der Waals surface area contributed by atoms with Crippen LogP contribution in [0.4, 0.5) is 4.79 Å². The second-order valence-electron chi connectivity index (χ2n) is 6.51. The van der Waals surface area contributed by atoms with E-state index in [1.165, 1.54) is 0 Å². The van der Waals surface area contributed by atoms with Crippen LogP contribution in [0.15, 0.2) is 30.3 Å². The Morgan fingerprint density at radius 2 is 2.09 bits per heavy atom. The zero-order valence-corrected chi connectivity index (χ0v) is 12.8. The number of nitrogens with zero attached hydrogens (tertiary/aromatic N) is 1. The molecular formula is C17H22N2O3. The largest absolute Gasteiger partial charge is 0.481 e. The van der Waals surface area contributed by atoms with Gasteiger partial charge < -0.3 is 15.3 Å². The molecule has 1 heterocycles. The van der Waals surface area contributed by atoms with Gasteiger partial charge in [0, 0.05) is 13.1 Å². The summed E-state index contributed by atoms with van der Waals surface area (Å²) >= 11 is 0. The molecule has 0 unspecified atom stereocenters. The molecule has 1 aliphatic carbocycles. The first kappa shape index (κ1) is 14.9. The summed E-state index contributed by atoms with van der Waals surface area (Å²) in [6, 6.07) is 9.53. The molecule has 3 rings (SSSR count). The van der Waals surface area contributed by atoms with Crippen LogP contribution < -0.4 is 5.32 Å². The highest BCUT2D eigenvalue weighted by molar-refractivity contribution is 5.80. The zero-order valence-electron chi connectivity index (χ0n) is 12.8. The fourth-order valence-corrected chi connectivity index (χ4v) is 3.90. The number of carbonyl (C=O) groups is 2. The summed E-state index contributed by atoms with van der Waals surface area (Å²) in [5.74, 6) is -0.649. The molecule has 1 aromatic carbocycles. The molecule has 0 spiro atoms. The average molecular weight is 302 g/mol. The maximum atomic E-state index is 12.4. The van der Waals surface area contributed by atoms with Gasteiger partial charge >= 0.3 is 12.0 Å². The van der Waals surface area contributed by atoms with Crippen molar-refractivity contribution in [2.24, 2.45) is 11.3 Å². The van der Waals surface area contributed by atoms with Crippen LogP contribution in [-0.4, -0.2) is 35.1 Å². The maximum Gasteiger partial charge on any atom is 0.317 e. The normalized spacial score (nSPS) is 28.2. The van der Waals surface area contributed by atoms with Gasteiger partial charge in [0.2, 0.25) is 0 Å². The quantitative estimate of drug-likeness (QED) is 0.902. The van der Waals surface area contributed by atoms with Gasteiger partial charge in [0.15, 0.2) is 0 Å². The predicted octanol–water partition coefficient (Wildman–Crippen LogP) is 2.64. The lowest BCUT2D eigenvalue weighted by atomic mass is 9.81. The Hall–Kier alpha value is -2.04. The minimum absolute atomic E-state index is 0.0880. The first-order chi connectivity index (χ1) is 10.5. The number of likely N-dealkylation sites (tertiary alicyclic amines) is 1. The number of fused-ring (bicyclic) bond motifs is 1. The van der Waals surface area contributed by atoms with Gasteiger partial charge in [0.05, 0.1) is 11.5 Å². The van der Waals surface area contributed by atoms with Crippen LogP contribution >= 0.6 is 0 Å². The van der Waals surface area contributed by atoms with Crippen molar-refractivity contribution < 1.29 is 14.7 Å². The van der Waals surface area contributed by atoms with Gasteiger partial charge in [-0.1, -0.05) is 36.8 Å².